The molecular weight excluding hydrogens is 300 g/mol. The Bertz CT molecular complexity index is 786. The highest BCUT2D eigenvalue weighted by atomic mass is 32.2. The van der Waals surface area contributed by atoms with Crippen molar-refractivity contribution in [3.05, 3.63) is 24.7 Å². The van der Waals surface area contributed by atoms with Gasteiger partial charge in [0, 0.05) is 19.9 Å². The van der Waals surface area contributed by atoms with Gasteiger partial charge in [0.25, 0.3) is 0 Å². The van der Waals surface area contributed by atoms with E-state index in [1.165, 1.54) is 0 Å². The number of rotatable bonds is 6. The Hall–Kier alpha value is -1.70. The summed E-state index contributed by atoms with van der Waals surface area (Å²) in [5.41, 5.74) is 2.82. The molecule has 0 aliphatic heterocycles. The first-order valence-corrected chi connectivity index (χ1v) is 8.28. The minimum atomic E-state index is -0.175. The molecule has 3 aromatic heterocycles. The first kappa shape index (κ1) is 15.2. The first-order chi connectivity index (χ1) is 10.8. The molecule has 0 amide bonds. The van der Waals surface area contributed by atoms with Crippen LogP contribution in [-0.2, 0) is 11.3 Å². The number of aryl methyl sites for hydroxylation is 1. The van der Waals surface area contributed by atoms with Crippen LogP contribution < -0.4 is 0 Å². The Kier molecular flexibility index (Phi) is 4.56. The third-order valence-electron chi connectivity index (χ3n) is 3.77. The molecule has 0 fully saturated rings. The second-order valence-corrected chi connectivity index (χ2v) is 5.73. The van der Waals surface area contributed by atoms with Crippen LogP contribution in [0.2, 0.25) is 0 Å². The molecule has 0 saturated carbocycles. The fraction of sp³-hybridized carbons (Fsp3) is 0.400. The van der Waals surface area contributed by atoms with Crippen molar-refractivity contribution in [2.24, 2.45) is 0 Å². The minimum Gasteiger partial charge on any atom is -0.394 e. The fourth-order valence-electron chi connectivity index (χ4n) is 2.63. The molecule has 1 N–H and O–H groups in total. The molecule has 0 aromatic carbocycles. The lowest BCUT2D eigenvalue weighted by molar-refractivity contribution is 0.0407. The van der Waals surface area contributed by atoms with Crippen molar-refractivity contribution < 1.29 is 9.84 Å². The summed E-state index contributed by atoms with van der Waals surface area (Å²) in [7, 11) is 1.61. The molecule has 3 aromatic rings. The molecule has 0 aliphatic carbocycles. The third kappa shape index (κ3) is 2.55. The predicted molar refractivity (Wildman–Crippen MR) is 87.1 cm³/mol. The van der Waals surface area contributed by atoms with Gasteiger partial charge in [-0.2, -0.15) is 0 Å². The SMILES string of the molecule is COC(CO)CCn1c2cccnc2c2c(SC)ncnc21. The monoisotopic (exact) mass is 318 g/mol. The van der Waals surface area contributed by atoms with E-state index in [-0.39, 0.29) is 12.7 Å². The zero-order valence-corrected chi connectivity index (χ0v) is 13.4. The largest absolute Gasteiger partial charge is 0.394 e. The molecule has 6 nitrogen and oxygen atoms in total. The van der Waals surface area contributed by atoms with Crippen molar-refractivity contribution >= 4 is 33.8 Å². The Morgan fingerprint density at radius 1 is 1.36 bits per heavy atom. The lowest BCUT2D eigenvalue weighted by atomic mass is 10.2. The van der Waals surface area contributed by atoms with Gasteiger partial charge in [0.1, 0.15) is 22.5 Å². The van der Waals surface area contributed by atoms with Gasteiger partial charge in [0.2, 0.25) is 0 Å². The summed E-state index contributed by atoms with van der Waals surface area (Å²) in [4.78, 5) is 13.3. The van der Waals surface area contributed by atoms with E-state index in [9.17, 15) is 5.11 Å². The van der Waals surface area contributed by atoms with Gasteiger partial charge < -0.3 is 14.4 Å². The predicted octanol–water partition coefficient (Wildman–Crippen LogP) is 2.10. The number of nitrogens with zero attached hydrogens (tertiary/aromatic N) is 4. The maximum absolute atomic E-state index is 9.29. The van der Waals surface area contributed by atoms with Gasteiger partial charge in [0.05, 0.1) is 23.6 Å². The Morgan fingerprint density at radius 2 is 2.23 bits per heavy atom. The van der Waals surface area contributed by atoms with E-state index >= 15 is 0 Å². The summed E-state index contributed by atoms with van der Waals surface area (Å²) in [6, 6.07) is 3.96. The van der Waals surface area contributed by atoms with E-state index in [0.29, 0.717) is 13.0 Å². The number of methoxy groups -OCH3 is 1. The van der Waals surface area contributed by atoms with Gasteiger partial charge in [-0.15, -0.1) is 11.8 Å². The van der Waals surface area contributed by atoms with Crippen molar-refractivity contribution in [3.8, 4) is 0 Å². The van der Waals surface area contributed by atoms with Crippen molar-refractivity contribution in [2.45, 2.75) is 24.1 Å². The first-order valence-electron chi connectivity index (χ1n) is 7.05. The molecule has 0 aliphatic rings. The average Bonchev–Trinajstić information content (AvgIpc) is 2.90. The second kappa shape index (κ2) is 6.60. The number of hydrogen-bond acceptors (Lipinski definition) is 6. The molecule has 3 heterocycles. The molecule has 0 saturated heterocycles. The van der Waals surface area contributed by atoms with E-state index in [4.69, 9.17) is 4.74 Å². The summed E-state index contributed by atoms with van der Waals surface area (Å²) in [6.07, 6.45) is 5.91. The molecule has 3 rings (SSSR count). The molecule has 116 valence electrons. The lowest BCUT2D eigenvalue weighted by Crippen LogP contribution is -2.18. The van der Waals surface area contributed by atoms with Crippen LogP contribution in [0.1, 0.15) is 6.42 Å². The maximum atomic E-state index is 9.29. The number of hydrogen-bond donors (Lipinski definition) is 1. The molecule has 1 atom stereocenters. The smallest absolute Gasteiger partial charge is 0.147 e. The number of aromatic nitrogens is 4. The lowest BCUT2D eigenvalue weighted by Gasteiger charge is -2.13. The molecule has 0 radical (unpaired) electrons. The maximum Gasteiger partial charge on any atom is 0.147 e. The summed E-state index contributed by atoms with van der Waals surface area (Å²) >= 11 is 1.59. The van der Waals surface area contributed by atoms with Crippen molar-refractivity contribution in [1.29, 1.82) is 0 Å². The number of pyridine rings is 1. The number of aliphatic hydroxyl groups is 1. The number of aliphatic hydroxyl groups excluding tert-OH is 1. The minimum absolute atomic E-state index is 0.0108. The van der Waals surface area contributed by atoms with E-state index in [2.05, 4.69) is 19.5 Å². The third-order valence-corrected chi connectivity index (χ3v) is 4.46. The van der Waals surface area contributed by atoms with Crippen molar-refractivity contribution in [1.82, 2.24) is 19.5 Å². The average molecular weight is 318 g/mol. The molecule has 0 bridgehead atoms. The van der Waals surface area contributed by atoms with E-state index in [0.717, 1.165) is 27.1 Å². The Morgan fingerprint density at radius 3 is 2.95 bits per heavy atom. The highest BCUT2D eigenvalue weighted by Gasteiger charge is 2.17. The van der Waals surface area contributed by atoms with Gasteiger partial charge in [-0.05, 0) is 24.8 Å². The zero-order valence-electron chi connectivity index (χ0n) is 12.6. The molecule has 7 heteroatoms. The van der Waals surface area contributed by atoms with Crippen LogP contribution in [0.25, 0.3) is 22.1 Å². The van der Waals surface area contributed by atoms with Gasteiger partial charge in [-0.25, -0.2) is 9.97 Å². The summed E-state index contributed by atoms with van der Waals surface area (Å²) in [6.45, 7) is 0.715. The highest BCUT2D eigenvalue weighted by molar-refractivity contribution is 7.98. The summed E-state index contributed by atoms with van der Waals surface area (Å²) in [5, 5.41) is 11.2. The topological polar surface area (TPSA) is 73.1 Å². The van der Waals surface area contributed by atoms with Crippen LogP contribution in [0.5, 0.6) is 0 Å². The normalized spacial score (nSPS) is 13.0. The molecule has 1 unspecified atom stereocenters. The van der Waals surface area contributed by atoms with Crippen LogP contribution in [0.3, 0.4) is 0 Å². The Labute approximate surface area is 132 Å². The zero-order chi connectivity index (χ0) is 15.5. The number of ether oxygens (including phenoxy) is 1. The van der Waals surface area contributed by atoms with E-state index in [1.54, 1.807) is 31.4 Å². The molecule has 0 spiro atoms. The fourth-order valence-corrected chi connectivity index (χ4v) is 3.18. The van der Waals surface area contributed by atoms with Crippen LogP contribution in [-0.4, -0.2) is 50.7 Å². The van der Waals surface area contributed by atoms with Crippen molar-refractivity contribution in [3.63, 3.8) is 0 Å². The molecular formula is C15H18N4O2S. The van der Waals surface area contributed by atoms with Crippen molar-refractivity contribution in [2.75, 3.05) is 20.0 Å². The molecule has 22 heavy (non-hydrogen) atoms. The van der Waals surface area contributed by atoms with Crippen LogP contribution in [0.15, 0.2) is 29.7 Å². The Balaban J connectivity index is 2.15. The number of fused-ring (bicyclic) bond motifs is 3. The second-order valence-electron chi connectivity index (χ2n) is 4.93. The van der Waals surface area contributed by atoms with Crippen LogP contribution >= 0.6 is 11.8 Å². The van der Waals surface area contributed by atoms with E-state index in [1.807, 2.05) is 18.4 Å². The van der Waals surface area contributed by atoms with Gasteiger partial charge >= 0.3 is 0 Å². The van der Waals surface area contributed by atoms with Crippen LogP contribution in [0, 0.1) is 0 Å². The summed E-state index contributed by atoms with van der Waals surface area (Å²) in [5.74, 6) is 0. The summed E-state index contributed by atoms with van der Waals surface area (Å²) < 4.78 is 7.38. The van der Waals surface area contributed by atoms with Gasteiger partial charge in [0.15, 0.2) is 0 Å². The number of thioether (sulfide) groups is 1. The van der Waals surface area contributed by atoms with Gasteiger partial charge in [-0.1, -0.05) is 0 Å². The van der Waals surface area contributed by atoms with Crippen LogP contribution in [0.4, 0.5) is 0 Å². The van der Waals surface area contributed by atoms with Gasteiger partial charge in [-0.3, -0.25) is 4.98 Å². The standard InChI is InChI=1S/C15H18N4O2S/c1-21-10(8-20)5-7-19-11-4-3-6-16-13(11)12-14(19)17-9-18-15(12)22-2/h3-4,6,9-10,20H,5,7-8H2,1-2H3. The highest BCUT2D eigenvalue weighted by Crippen LogP contribution is 2.31. The quantitative estimate of drug-likeness (QED) is 0.554. The van der Waals surface area contributed by atoms with E-state index < -0.39 is 0 Å².